The molecule has 0 aromatic carbocycles. The molecule has 0 spiro atoms. The summed E-state index contributed by atoms with van der Waals surface area (Å²) in [5.74, 6) is 0. The third kappa shape index (κ3) is 2.10. The van der Waals surface area contributed by atoms with Gasteiger partial charge in [0.05, 0.1) is 5.37 Å². The molecule has 0 aliphatic carbocycles. The van der Waals surface area contributed by atoms with Gasteiger partial charge < -0.3 is 5.73 Å². The van der Waals surface area contributed by atoms with Crippen molar-refractivity contribution in [3.05, 3.63) is 22.4 Å². The molecule has 0 amide bonds. The van der Waals surface area contributed by atoms with Crippen LogP contribution in [0.5, 0.6) is 0 Å². The van der Waals surface area contributed by atoms with Gasteiger partial charge in [0.25, 0.3) is 0 Å². The third-order valence-electron chi connectivity index (χ3n) is 0.968. The maximum atomic E-state index is 5.70. The molecule has 1 nitrogen and oxygen atoms in total. The Morgan fingerprint density at radius 3 is 3.00 bits per heavy atom. The molecule has 0 bridgehead atoms. The summed E-state index contributed by atoms with van der Waals surface area (Å²) < 4.78 is 0. The van der Waals surface area contributed by atoms with Crippen LogP contribution in [0.2, 0.25) is 0 Å². The molecular formula is C5H6INS2. The fourth-order valence-electron chi connectivity index (χ4n) is 0.488. The predicted octanol–water partition coefficient (Wildman–Crippen LogP) is 2.79. The van der Waals surface area contributed by atoms with Crippen molar-refractivity contribution in [1.82, 2.24) is 0 Å². The molecule has 9 heavy (non-hydrogen) atoms. The molecule has 0 fully saturated rings. The van der Waals surface area contributed by atoms with Crippen LogP contribution in [0.15, 0.2) is 16.8 Å². The summed E-state index contributed by atoms with van der Waals surface area (Å²) >= 11 is 3.90. The van der Waals surface area contributed by atoms with Gasteiger partial charge in [-0.2, -0.15) is 11.3 Å². The molecule has 0 saturated heterocycles. The molecule has 1 rings (SSSR count). The molecule has 1 aromatic rings. The molecule has 2 N–H and O–H groups in total. The Balaban J connectivity index is 2.65. The molecule has 1 unspecified atom stereocenters. The van der Waals surface area contributed by atoms with Crippen LogP contribution in [-0.2, 0) is 0 Å². The fraction of sp³-hybridized carbons (Fsp3) is 0.200. The predicted molar refractivity (Wildman–Crippen MR) is 52.9 cm³/mol. The van der Waals surface area contributed by atoms with Crippen LogP contribution in [0.4, 0.5) is 0 Å². The van der Waals surface area contributed by atoms with Crippen molar-refractivity contribution >= 4 is 41.5 Å². The van der Waals surface area contributed by atoms with Crippen molar-refractivity contribution in [3.63, 3.8) is 0 Å². The quantitative estimate of drug-likeness (QED) is 0.661. The van der Waals surface area contributed by atoms with E-state index in [-0.39, 0.29) is 5.37 Å². The Labute approximate surface area is 74.6 Å². The number of halogens is 1. The van der Waals surface area contributed by atoms with E-state index in [1.807, 2.05) is 5.38 Å². The van der Waals surface area contributed by atoms with Gasteiger partial charge in [0.2, 0.25) is 0 Å². The number of hydrogen-bond acceptors (Lipinski definition) is 3. The second-order valence-corrected chi connectivity index (χ2v) is 4.56. The Kier molecular flexibility index (Phi) is 3.31. The normalized spacial score (nSPS) is 13.6. The van der Waals surface area contributed by atoms with E-state index in [0.717, 1.165) is 0 Å². The van der Waals surface area contributed by atoms with E-state index in [0.29, 0.717) is 0 Å². The van der Waals surface area contributed by atoms with Gasteiger partial charge in [-0.05, 0) is 43.6 Å². The highest BCUT2D eigenvalue weighted by atomic mass is 127. The van der Waals surface area contributed by atoms with Gasteiger partial charge in [0, 0.05) is 0 Å². The van der Waals surface area contributed by atoms with E-state index in [9.17, 15) is 0 Å². The monoisotopic (exact) mass is 271 g/mol. The minimum absolute atomic E-state index is 0.150. The van der Waals surface area contributed by atoms with Crippen LogP contribution in [-0.4, -0.2) is 0 Å². The summed E-state index contributed by atoms with van der Waals surface area (Å²) in [6, 6.07) is 2.06. The standard InChI is InChI=1S/C5H6INS2/c6-9-5(7)4-1-2-8-3-4/h1-3,5H,7H2. The van der Waals surface area contributed by atoms with Gasteiger partial charge in [-0.3, -0.25) is 0 Å². The Morgan fingerprint density at radius 2 is 2.56 bits per heavy atom. The van der Waals surface area contributed by atoms with Gasteiger partial charge in [-0.1, -0.05) is 8.93 Å². The van der Waals surface area contributed by atoms with E-state index in [1.54, 1.807) is 20.3 Å². The molecule has 0 aliphatic rings. The van der Waals surface area contributed by atoms with Crippen LogP contribution >= 0.6 is 41.5 Å². The lowest BCUT2D eigenvalue weighted by atomic mass is 10.3. The Bertz CT molecular complexity index is 163. The summed E-state index contributed by atoms with van der Waals surface area (Å²) in [5.41, 5.74) is 6.92. The molecule has 0 saturated carbocycles. The van der Waals surface area contributed by atoms with Crippen LogP contribution in [0.1, 0.15) is 10.9 Å². The lowest BCUT2D eigenvalue weighted by Crippen LogP contribution is -2.01. The zero-order chi connectivity index (χ0) is 6.69. The highest BCUT2D eigenvalue weighted by Crippen LogP contribution is 2.29. The average molecular weight is 271 g/mol. The van der Waals surface area contributed by atoms with E-state index < -0.39 is 0 Å². The summed E-state index contributed by atoms with van der Waals surface area (Å²) in [4.78, 5) is 0. The number of rotatable bonds is 2. The van der Waals surface area contributed by atoms with Crippen LogP contribution < -0.4 is 5.73 Å². The lowest BCUT2D eigenvalue weighted by molar-refractivity contribution is 1.05. The maximum Gasteiger partial charge on any atom is 0.0872 e. The zero-order valence-corrected chi connectivity index (χ0v) is 8.37. The summed E-state index contributed by atoms with van der Waals surface area (Å²) in [6.07, 6.45) is 0. The largest absolute Gasteiger partial charge is 0.315 e. The average Bonchev–Trinajstić information content (AvgIpc) is 2.37. The highest BCUT2D eigenvalue weighted by molar-refractivity contribution is 14.2. The van der Waals surface area contributed by atoms with Gasteiger partial charge in [0.1, 0.15) is 0 Å². The van der Waals surface area contributed by atoms with Crippen LogP contribution in [0.25, 0.3) is 0 Å². The topological polar surface area (TPSA) is 26.0 Å². The maximum absolute atomic E-state index is 5.70. The first-order valence-corrected chi connectivity index (χ1v) is 6.76. The van der Waals surface area contributed by atoms with Crippen LogP contribution in [0, 0.1) is 0 Å². The Morgan fingerprint density at radius 1 is 1.78 bits per heavy atom. The number of thiophene rings is 1. The minimum Gasteiger partial charge on any atom is -0.315 e. The first-order chi connectivity index (χ1) is 4.34. The summed E-state index contributed by atoms with van der Waals surface area (Å²) in [5, 5.41) is 4.27. The van der Waals surface area contributed by atoms with Crippen LogP contribution in [0.3, 0.4) is 0 Å². The second kappa shape index (κ2) is 3.80. The molecule has 0 radical (unpaired) electrons. The molecule has 4 heteroatoms. The first kappa shape index (κ1) is 7.84. The molecular weight excluding hydrogens is 265 g/mol. The van der Waals surface area contributed by atoms with Crippen molar-refractivity contribution in [2.24, 2.45) is 5.73 Å². The summed E-state index contributed by atoms with van der Waals surface area (Å²) in [6.45, 7) is 0. The highest BCUT2D eigenvalue weighted by Gasteiger charge is 2.02. The van der Waals surface area contributed by atoms with E-state index in [1.165, 1.54) is 5.56 Å². The number of nitrogens with two attached hydrogens (primary N) is 1. The van der Waals surface area contributed by atoms with E-state index >= 15 is 0 Å². The first-order valence-electron chi connectivity index (χ1n) is 2.39. The fourth-order valence-corrected chi connectivity index (χ4v) is 2.40. The zero-order valence-electron chi connectivity index (χ0n) is 4.58. The molecule has 1 atom stereocenters. The van der Waals surface area contributed by atoms with Crippen molar-refractivity contribution in [3.8, 4) is 0 Å². The van der Waals surface area contributed by atoms with Crippen molar-refractivity contribution in [2.75, 3.05) is 0 Å². The molecule has 1 heterocycles. The third-order valence-corrected chi connectivity index (χ3v) is 3.78. The minimum atomic E-state index is 0.150. The molecule has 50 valence electrons. The second-order valence-electron chi connectivity index (χ2n) is 1.57. The summed E-state index contributed by atoms with van der Waals surface area (Å²) in [7, 11) is 1.64. The Hall–Kier alpha value is 0.740. The molecule has 0 aliphatic heterocycles. The van der Waals surface area contributed by atoms with Gasteiger partial charge in [-0.15, -0.1) is 0 Å². The smallest absolute Gasteiger partial charge is 0.0872 e. The van der Waals surface area contributed by atoms with Crippen molar-refractivity contribution < 1.29 is 0 Å². The van der Waals surface area contributed by atoms with E-state index in [2.05, 4.69) is 32.7 Å². The van der Waals surface area contributed by atoms with Gasteiger partial charge in [-0.25, -0.2) is 0 Å². The van der Waals surface area contributed by atoms with Crippen molar-refractivity contribution in [2.45, 2.75) is 5.37 Å². The van der Waals surface area contributed by atoms with Gasteiger partial charge in [0.15, 0.2) is 0 Å². The van der Waals surface area contributed by atoms with Crippen molar-refractivity contribution in [1.29, 1.82) is 0 Å². The van der Waals surface area contributed by atoms with E-state index in [4.69, 9.17) is 5.73 Å². The lowest BCUT2D eigenvalue weighted by Gasteiger charge is -2.01. The molecule has 1 aromatic heterocycles. The number of hydrogen-bond donors (Lipinski definition) is 1. The van der Waals surface area contributed by atoms with Gasteiger partial charge >= 0.3 is 0 Å². The SMILES string of the molecule is NC(SI)c1ccsc1.